The van der Waals surface area contributed by atoms with E-state index in [1.165, 1.54) is 6.92 Å². The first-order valence-electron chi connectivity index (χ1n) is 5.86. The lowest BCUT2D eigenvalue weighted by molar-refractivity contribution is -0.0491. The lowest BCUT2D eigenvalue weighted by Gasteiger charge is -2.15. The van der Waals surface area contributed by atoms with Crippen molar-refractivity contribution in [3.05, 3.63) is 32.6 Å². The highest BCUT2D eigenvalue weighted by atomic mass is 19.1. The molecule has 7 nitrogen and oxygen atoms in total. The summed E-state index contributed by atoms with van der Waals surface area (Å²) >= 11 is 0. The maximum atomic E-state index is 13.9. The van der Waals surface area contributed by atoms with Crippen LogP contribution in [-0.4, -0.2) is 44.8 Å². The van der Waals surface area contributed by atoms with Crippen LogP contribution in [0, 0.1) is 11.8 Å². The van der Waals surface area contributed by atoms with Crippen LogP contribution in [0.4, 0.5) is 4.39 Å². The molecule has 8 heteroatoms. The standard InChI is InChI=1S/C12H13FN2O5/c1-2-3-6-4-15(12(19)14-10(6)18)11-8(13)9(17)7(5-16)20-11/h4,7-9,11,16-17H,5H2,1H3,(H,14,18,19)/t7-,8?,9-,11-/m1/s1. The van der Waals surface area contributed by atoms with Crippen LogP contribution in [0.25, 0.3) is 0 Å². The Morgan fingerprint density at radius 2 is 2.25 bits per heavy atom. The van der Waals surface area contributed by atoms with Crippen LogP contribution >= 0.6 is 0 Å². The number of hydrogen-bond acceptors (Lipinski definition) is 5. The minimum absolute atomic E-state index is 0.0233. The molecule has 0 bridgehead atoms. The zero-order valence-electron chi connectivity index (χ0n) is 10.5. The van der Waals surface area contributed by atoms with E-state index in [0.717, 1.165) is 10.8 Å². The zero-order chi connectivity index (χ0) is 14.9. The van der Waals surface area contributed by atoms with Crippen molar-refractivity contribution in [3.63, 3.8) is 0 Å². The third-order valence-electron chi connectivity index (χ3n) is 2.98. The highest BCUT2D eigenvalue weighted by Gasteiger charge is 2.45. The van der Waals surface area contributed by atoms with Crippen LogP contribution in [-0.2, 0) is 4.74 Å². The quantitative estimate of drug-likeness (QED) is 0.573. The second kappa shape index (κ2) is 5.58. The second-order valence-corrected chi connectivity index (χ2v) is 4.27. The number of nitrogens with one attached hydrogen (secondary N) is 1. The van der Waals surface area contributed by atoms with Crippen molar-refractivity contribution in [2.75, 3.05) is 6.61 Å². The van der Waals surface area contributed by atoms with Gasteiger partial charge in [-0.3, -0.25) is 14.3 Å². The summed E-state index contributed by atoms with van der Waals surface area (Å²) in [6.45, 7) is 0.919. The molecule has 0 amide bonds. The van der Waals surface area contributed by atoms with Gasteiger partial charge in [-0.2, -0.15) is 0 Å². The zero-order valence-corrected chi connectivity index (χ0v) is 10.5. The van der Waals surface area contributed by atoms with Crippen LogP contribution < -0.4 is 11.2 Å². The van der Waals surface area contributed by atoms with Gasteiger partial charge in [0.25, 0.3) is 5.56 Å². The predicted molar refractivity (Wildman–Crippen MR) is 65.8 cm³/mol. The maximum absolute atomic E-state index is 13.9. The highest BCUT2D eigenvalue weighted by Crippen LogP contribution is 2.30. The van der Waals surface area contributed by atoms with E-state index in [2.05, 4.69) is 11.8 Å². The molecule has 0 spiro atoms. The van der Waals surface area contributed by atoms with Gasteiger partial charge in [-0.25, -0.2) is 9.18 Å². The van der Waals surface area contributed by atoms with Crippen LogP contribution in [0.15, 0.2) is 15.8 Å². The molecule has 0 aromatic carbocycles. The number of aromatic nitrogens is 2. The fourth-order valence-corrected chi connectivity index (χ4v) is 1.98. The number of H-pyrrole nitrogens is 1. The largest absolute Gasteiger partial charge is 0.394 e. The van der Waals surface area contributed by atoms with Crippen molar-refractivity contribution in [2.24, 2.45) is 0 Å². The summed E-state index contributed by atoms with van der Waals surface area (Å²) in [4.78, 5) is 25.2. The Morgan fingerprint density at radius 1 is 1.55 bits per heavy atom. The molecule has 1 fully saturated rings. The molecule has 1 aliphatic rings. The fourth-order valence-electron chi connectivity index (χ4n) is 1.98. The average Bonchev–Trinajstić information content (AvgIpc) is 2.70. The first kappa shape index (κ1) is 14.5. The molecule has 2 rings (SSSR count). The molecule has 2 heterocycles. The van der Waals surface area contributed by atoms with Crippen molar-refractivity contribution in [2.45, 2.75) is 31.5 Å². The van der Waals surface area contributed by atoms with Crippen molar-refractivity contribution >= 4 is 0 Å². The molecule has 4 atom stereocenters. The Hall–Kier alpha value is -1.95. The SMILES string of the molecule is CC#Cc1cn([C@@H]2O[C@H](CO)[C@@H](O)C2F)c(=O)[nH]c1=O. The number of nitrogens with zero attached hydrogens (tertiary/aromatic N) is 1. The second-order valence-electron chi connectivity index (χ2n) is 4.27. The molecule has 1 saturated heterocycles. The fraction of sp³-hybridized carbons (Fsp3) is 0.500. The Balaban J connectivity index is 2.47. The monoisotopic (exact) mass is 284 g/mol. The number of ether oxygens (including phenoxy) is 1. The van der Waals surface area contributed by atoms with Gasteiger partial charge < -0.3 is 14.9 Å². The topological polar surface area (TPSA) is 105 Å². The van der Waals surface area contributed by atoms with Crippen molar-refractivity contribution in [1.29, 1.82) is 0 Å². The lowest BCUT2D eigenvalue weighted by Crippen LogP contribution is -2.37. The number of halogens is 1. The number of aliphatic hydroxyl groups excluding tert-OH is 2. The summed E-state index contributed by atoms with van der Waals surface area (Å²) in [6, 6.07) is 0. The molecule has 20 heavy (non-hydrogen) atoms. The molecular weight excluding hydrogens is 271 g/mol. The van der Waals surface area contributed by atoms with Crippen LogP contribution in [0.2, 0.25) is 0 Å². The highest BCUT2D eigenvalue weighted by molar-refractivity contribution is 5.28. The molecule has 1 aliphatic heterocycles. The van der Waals surface area contributed by atoms with E-state index < -0.39 is 42.5 Å². The van der Waals surface area contributed by atoms with Crippen molar-refractivity contribution in [3.8, 4) is 11.8 Å². The van der Waals surface area contributed by atoms with E-state index in [9.17, 15) is 19.1 Å². The Bertz CT molecular complexity index is 671. The van der Waals surface area contributed by atoms with Crippen LogP contribution in [0.1, 0.15) is 18.7 Å². The van der Waals surface area contributed by atoms with Gasteiger partial charge in [-0.05, 0) is 6.92 Å². The van der Waals surface area contributed by atoms with E-state index in [1.807, 2.05) is 4.98 Å². The third-order valence-corrected chi connectivity index (χ3v) is 2.98. The van der Waals surface area contributed by atoms with E-state index >= 15 is 0 Å². The van der Waals surface area contributed by atoms with Gasteiger partial charge in [-0.1, -0.05) is 5.92 Å². The van der Waals surface area contributed by atoms with Gasteiger partial charge in [0, 0.05) is 6.20 Å². The van der Waals surface area contributed by atoms with Crippen LogP contribution in [0.3, 0.4) is 0 Å². The number of rotatable bonds is 2. The molecule has 0 aliphatic carbocycles. The summed E-state index contributed by atoms with van der Waals surface area (Å²) in [5.74, 6) is 4.97. The van der Waals surface area contributed by atoms with Gasteiger partial charge in [0.15, 0.2) is 12.4 Å². The number of aromatic amines is 1. The van der Waals surface area contributed by atoms with Crippen LogP contribution in [0.5, 0.6) is 0 Å². The van der Waals surface area contributed by atoms with E-state index in [-0.39, 0.29) is 5.56 Å². The lowest BCUT2D eigenvalue weighted by atomic mass is 10.1. The number of hydrogen-bond donors (Lipinski definition) is 3. The predicted octanol–water partition coefficient (Wildman–Crippen LogP) is -1.50. The first-order valence-corrected chi connectivity index (χ1v) is 5.86. The summed E-state index contributed by atoms with van der Waals surface area (Å²) in [6.07, 6.45) is -4.94. The van der Waals surface area contributed by atoms with Gasteiger partial charge in [-0.15, -0.1) is 5.92 Å². The van der Waals surface area contributed by atoms with Crippen molar-refractivity contribution in [1.82, 2.24) is 9.55 Å². The minimum Gasteiger partial charge on any atom is -0.394 e. The molecule has 0 saturated carbocycles. The van der Waals surface area contributed by atoms with E-state index in [0.29, 0.717) is 0 Å². The molecule has 108 valence electrons. The molecule has 3 N–H and O–H groups in total. The Kier molecular flexibility index (Phi) is 4.04. The Morgan fingerprint density at radius 3 is 2.80 bits per heavy atom. The van der Waals surface area contributed by atoms with E-state index in [4.69, 9.17) is 9.84 Å². The summed E-state index contributed by atoms with van der Waals surface area (Å²) in [5, 5.41) is 18.5. The minimum atomic E-state index is -1.90. The number of aliphatic hydroxyl groups is 2. The molecule has 1 unspecified atom stereocenters. The molecule has 1 aromatic heterocycles. The smallest absolute Gasteiger partial charge is 0.330 e. The Labute approximate surface area is 112 Å². The number of alkyl halides is 1. The summed E-state index contributed by atoms with van der Waals surface area (Å²) < 4.78 is 19.8. The summed E-state index contributed by atoms with van der Waals surface area (Å²) in [7, 11) is 0. The van der Waals surface area contributed by atoms with E-state index in [1.54, 1.807) is 0 Å². The third kappa shape index (κ3) is 2.38. The molecule has 0 radical (unpaired) electrons. The van der Waals surface area contributed by atoms with Gasteiger partial charge in [0.2, 0.25) is 0 Å². The first-order chi connectivity index (χ1) is 9.49. The maximum Gasteiger partial charge on any atom is 0.330 e. The molecular formula is C12H13FN2O5. The van der Waals surface area contributed by atoms with Crippen molar-refractivity contribution < 1.29 is 19.3 Å². The average molecular weight is 284 g/mol. The van der Waals surface area contributed by atoms with Gasteiger partial charge in [0.1, 0.15) is 17.8 Å². The van der Waals surface area contributed by atoms with Gasteiger partial charge >= 0.3 is 5.69 Å². The van der Waals surface area contributed by atoms with Gasteiger partial charge in [0.05, 0.1) is 6.61 Å². The summed E-state index contributed by atoms with van der Waals surface area (Å²) in [5.41, 5.74) is -1.59. The normalized spacial score (nSPS) is 29.0. The molecule has 1 aromatic rings.